The molecule has 0 aromatic carbocycles. The van der Waals surface area contributed by atoms with Crippen molar-refractivity contribution in [1.29, 1.82) is 0 Å². The van der Waals surface area contributed by atoms with E-state index in [0.29, 0.717) is 0 Å². The number of carbonyl (C=O) groups excluding carboxylic acids is 3. The van der Waals surface area contributed by atoms with Crippen LogP contribution in [-0.4, -0.2) is 193 Å². The van der Waals surface area contributed by atoms with Crippen LogP contribution in [0.1, 0.15) is 48.5 Å². The van der Waals surface area contributed by atoms with Crippen molar-refractivity contribution >= 4 is 17.7 Å². The Labute approximate surface area is 295 Å². The van der Waals surface area contributed by atoms with Crippen LogP contribution in [0.15, 0.2) is 0 Å². The van der Waals surface area contributed by atoms with Crippen LogP contribution in [0.2, 0.25) is 0 Å². The van der Waals surface area contributed by atoms with Gasteiger partial charge in [-0.3, -0.25) is 14.4 Å². The summed E-state index contributed by atoms with van der Waals surface area (Å²) in [5.74, 6) is -1.19. The Morgan fingerprint density at radius 2 is 0.784 bits per heavy atom. The first kappa shape index (κ1) is 46.8. The SMILES string of the molecule is CC(=O)NC1C(OC(C)C)OC(CO)C(O)C1O.CC(=O)NC1C(OC(C)C)OC(CO)C(O)C1O.CC(=O)N[C@@H]1[C@@H](O)[C@@H](O)[C@@H](CO)O[C@@H]1O. The number of hydrogen-bond donors (Lipinski definition) is 13. The predicted molar refractivity (Wildman–Crippen MR) is 171 cm³/mol. The van der Waals surface area contributed by atoms with Crippen molar-refractivity contribution in [3.05, 3.63) is 0 Å². The van der Waals surface area contributed by atoms with Gasteiger partial charge in [0.05, 0.1) is 32.0 Å². The van der Waals surface area contributed by atoms with E-state index >= 15 is 0 Å². The Bertz CT molecular complexity index is 1000. The molecule has 0 bridgehead atoms. The minimum Gasteiger partial charge on any atom is -0.394 e. The first-order valence-electron chi connectivity index (χ1n) is 16.4. The second kappa shape index (κ2) is 22.1. The second-order valence-corrected chi connectivity index (χ2v) is 12.7. The third kappa shape index (κ3) is 14.3. The van der Waals surface area contributed by atoms with Crippen molar-refractivity contribution in [2.75, 3.05) is 19.8 Å². The van der Waals surface area contributed by atoms with E-state index in [1.54, 1.807) is 27.7 Å². The summed E-state index contributed by atoms with van der Waals surface area (Å²) in [4.78, 5) is 32.9. The Balaban J connectivity index is 0.000000384. The average Bonchev–Trinajstić information content (AvgIpc) is 3.04. The van der Waals surface area contributed by atoms with Gasteiger partial charge in [-0.05, 0) is 27.7 Å². The lowest BCUT2D eigenvalue weighted by Gasteiger charge is -2.42. The van der Waals surface area contributed by atoms with E-state index in [9.17, 15) is 50.1 Å². The number of nitrogens with one attached hydrogen (secondary N) is 3. The topological polar surface area (TPSA) is 336 Å². The van der Waals surface area contributed by atoms with Crippen molar-refractivity contribution < 1.29 is 89.1 Å². The van der Waals surface area contributed by atoms with E-state index in [1.165, 1.54) is 20.8 Å². The number of hydrogen-bond acceptors (Lipinski definition) is 18. The van der Waals surface area contributed by atoms with Gasteiger partial charge in [0.25, 0.3) is 0 Å². The number of aliphatic hydroxyl groups is 10. The molecule has 3 aliphatic rings. The van der Waals surface area contributed by atoms with E-state index < -0.39 is 118 Å². The molecule has 3 aliphatic heterocycles. The molecule has 0 saturated carbocycles. The maximum atomic E-state index is 11.1. The number of ether oxygens (including phenoxy) is 5. The molecule has 0 spiro atoms. The maximum absolute atomic E-state index is 11.1. The van der Waals surface area contributed by atoms with E-state index in [-0.39, 0.29) is 24.0 Å². The summed E-state index contributed by atoms with van der Waals surface area (Å²) in [6.07, 6.45) is -14.4. The molecule has 0 aliphatic carbocycles. The summed E-state index contributed by atoms with van der Waals surface area (Å²) >= 11 is 0. The first-order chi connectivity index (χ1) is 23.7. The quantitative estimate of drug-likeness (QED) is 0.0988. The van der Waals surface area contributed by atoms with E-state index in [0.717, 1.165) is 0 Å². The lowest BCUT2D eigenvalue weighted by atomic mass is 9.97. The Morgan fingerprint density at radius 3 is 1.06 bits per heavy atom. The summed E-state index contributed by atoms with van der Waals surface area (Å²) in [6.45, 7) is 9.50. The summed E-state index contributed by atoms with van der Waals surface area (Å²) < 4.78 is 26.4. The van der Waals surface area contributed by atoms with Crippen molar-refractivity contribution in [2.24, 2.45) is 0 Å². The average molecular weight is 748 g/mol. The van der Waals surface area contributed by atoms with Crippen molar-refractivity contribution in [3.8, 4) is 0 Å². The fourth-order valence-corrected chi connectivity index (χ4v) is 5.20. The van der Waals surface area contributed by atoms with E-state index in [4.69, 9.17) is 39.0 Å². The summed E-state index contributed by atoms with van der Waals surface area (Å²) in [7, 11) is 0. The molecule has 3 fully saturated rings. The van der Waals surface area contributed by atoms with Crippen molar-refractivity contribution in [1.82, 2.24) is 16.0 Å². The molecule has 300 valence electrons. The molecule has 0 aromatic heterocycles. The molecule has 21 heteroatoms. The van der Waals surface area contributed by atoms with Gasteiger partial charge in [-0.2, -0.15) is 0 Å². The highest BCUT2D eigenvalue weighted by molar-refractivity contribution is 5.74. The minimum absolute atomic E-state index is 0.187. The van der Waals surface area contributed by atoms with Gasteiger partial charge >= 0.3 is 0 Å². The van der Waals surface area contributed by atoms with Crippen LogP contribution in [0.4, 0.5) is 0 Å². The minimum atomic E-state index is -1.45. The molecule has 0 aromatic rings. The van der Waals surface area contributed by atoms with Crippen LogP contribution in [0.5, 0.6) is 0 Å². The number of rotatable bonds is 10. The molecule has 3 rings (SSSR count). The van der Waals surface area contributed by atoms with Gasteiger partial charge in [0.1, 0.15) is 73.1 Å². The van der Waals surface area contributed by atoms with Crippen LogP contribution < -0.4 is 16.0 Å². The molecule has 10 unspecified atom stereocenters. The molecule has 21 nitrogen and oxygen atoms in total. The fourth-order valence-electron chi connectivity index (χ4n) is 5.20. The lowest BCUT2D eigenvalue weighted by molar-refractivity contribution is -0.278. The summed E-state index contributed by atoms with van der Waals surface area (Å²) in [6, 6.07) is -2.84. The number of amides is 3. The zero-order valence-electron chi connectivity index (χ0n) is 29.7. The van der Waals surface area contributed by atoms with Gasteiger partial charge in [-0.15, -0.1) is 0 Å². The lowest BCUT2D eigenvalue weighted by Crippen LogP contribution is -2.64. The van der Waals surface area contributed by atoms with Crippen LogP contribution >= 0.6 is 0 Å². The monoisotopic (exact) mass is 747 g/mol. The molecule has 15 atom stereocenters. The van der Waals surface area contributed by atoms with Gasteiger partial charge in [0, 0.05) is 20.8 Å². The van der Waals surface area contributed by atoms with Gasteiger partial charge in [-0.25, -0.2) is 0 Å². The molecule has 51 heavy (non-hydrogen) atoms. The highest BCUT2D eigenvalue weighted by atomic mass is 16.7. The van der Waals surface area contributed by atoms with E-state index in [2.05, 4.69) is 16.0 Å². The molecule has 3 amide bonds. The molecule has 3 saturated heterocycles. The molecule has 0 radical (unpaired) electrons. The molecular weight excluding hydrogens is 690 g/mol. The molecule has 3 heterocycles. The van der Waals surface area contributed by atoms with Crippen molar-refractivity contribution in [3.63, 3.8) is 0 Å². The highest BCUT2D eigenvalue weighted by Crippen LogP contribution is 2.24. The van der Waals surface area contributed by atoms with Gasteiger partial charge < -0.3 is 90.7 Å². The molecule has 13 N–H and O–H groups in total. The van der Waals surface area contributed by atoms with Crippen LogP contribution in [0.25, 0.3) is 0 Å². The van der Waals surface area contributed by atoms with Gasteiger partial charge in [0.2, 0.25) is 17.7 Å². The smallest absolute Gasteiger partial charge is 0.217 e. The van der Waals surface area contributed by atoms with E-state index in [1.807, 2.05) is 0 Å². The van der Waals surface area contributed by atoms with Crippen LogP contribution in [0, 0.1) is 0 Å². The standard InChI is InChI=1S/2C11H21NO6.C8H15NO6/c2*1-5(2)17-11-8(12-6(3)14)10(16)9(15)7(4-13)18-11;1-3(11)9-5-7(13)6(12)4(2-10)15-8(5)14/h2*5,7-11,13,15-16H,4H2,1-3H3,(H,12,14);4-8,10,12-14H,2H2,1H3,(H,9,11)/t;;4-,5-,6+,7-,8+/m..1/s1. The maximum Gasteiger partial charge on any atom is 0.217 e. The van der Waals surface area contributed by atoms with Crippen LogP contribution in [-0.2, 0) is 38.1 Å². The van der Waals surface area contributed by atoms with Gasteiger partial charge in [-0.1, -0.05) is 0 Å². The second-order valence-electron chi connectivity index (χ2n) is 12.7. The molecular formula is C30H57N3O18. The van der Waals surface area contributed by atoms with Crippen molar-refractivity contribution in [2.45, 2.75) is 153 Å². The zero-order valence-corrected chi connectivity index (χ0v) is 29.7. The summed E-state index contributed by atoms with van der Waals surface area (Å²) in [5.41, 5.74) is 0. The number of carbonyl (C=O) groups is 3. The normalized spacial score (nSPS) is 38.1. The summed E-state index contributed by atoms with van der Waals surface area (Å²) in [5, 5.41) is 102. The largest absolute Gasteiger partial charge is 0.394 e. The zero-order chi connectivity index (χ0) is 39.3. The fraction of sp³-hybridized carbons (Fsp3) is 0.900. The highest BCUT2D eigenvalue weighted by Gasteiger charge is 2.47. The Morgan fingerprint density at radius 1 is 0.510 bits per heavy atom. The third-order valence-electron chi connectivity index (χ3n) is 7.58. The Hall–Kier alpha value is -2.19. The van der Waals surface area contributed by atoms with Gasteiger partial charge in [0.15, 0.2) is 18.9 Å². The van der Waals surface area contributed by atoms with Crippen LogP contribution in [0.3, 0.4) is 0 Å². The predicted octanol–water partition coefficient (Wildman–Crippen LogP) is -6.37. The Kier molecular flexibility index (Phi) is 20.3. The number of aliphatic hydroxyl groups excluding tert-OH is 10. The third-order valence-corrected chi connectivity index (χ3v) is 7.58. The first-order valence-corrected chi connectivity index (χ1v) is 16.4.